The first-order valence-electron chi connectivity index (χ1n) is 6.16. The van der Waals surface area contributed by atoms with Gasteiger partial charge >= 0.3 is 0 Å². The molecule has 0 saturated carbocycles. The topological polar surface area (TPSA) is 36.4 Å². The predicted octanol–water partition coefficient (Wildman–Crippen LogP) is 3.42. The van der Waals surface area contributed by atoms with Crippen molar-refractivity contribution in [3.05, 3.63) is 58.7 Å². The number of rotatable bonds is 4. The van der Waals surface area contributed by atoms with Gasteiger partial charge in [-0.05, 0) is 42.3 Å². The van der Waals surface area contributed by atoms with Gasteiger partial charge in [-0.1, -0.05) is 23.7 Å². The van der Waals surface area contributed by atoms with Gasteiger partial charge in [-0.25, -0.2) is 4.98 Å². The molecule has 0 unspecified atom stereocenters. The molecule has 1 aromatic heterocycles. The third-order valence-electron chi connectivity index (χ3n) is 2.98. The Kier molecular flexibility index (Phi) is 4.40. The molecule has 3 nitrogen and oxygen atoms in total. The number of nitrogens with zero attached hydrogens (tertiary/aromatic N) is 2. The number of hydrogen-bond acceptors (Lipinski definition) is 3. The zero-order valence-corrected chi connectivity index (χ0v) is 11.8. The van der Waals surface area contributed by atoms with Crippen molar-refractivity contribution in [1.29, 1.82) is 0 Å². The van der Waals surface area contributed by atoms with E-state index in [1.165, 1.54) is 0 Å². The first-order chi connectivity index (χ1) is 9.06. The molecular weight excluding hydrogens is 260 g/mol. The summed E-state index contributed by atoms with van der Waals surface area (Å²) in [6.45, 7) is 2.49. The lowest BCUT2D eigenvalue weighted by molar-refractivity contribution is 0.199. The van der Waals surface area contributed by atoms with Crippen LogP contribution in [0.2, 0.25) is 5.02 Å². The number of aliphatic hydroxyl groups excluding tert-OH is 1. The number of pyridine rings is 1. The highest BCUT2D eigenvalue weighted by molar-refractivity contribution is 6.30. The van der Waals surface area contributed by atoms with Crippen LogP contribution in [-0.4, -0.2) is 17.1 Å². The normalized spacial score (nSPS) is 12.2. The van der Waals surface area contributed by atoms with Gasteiger partial charge < -0.3 is 10.0 Å². The Labute approximate surface area is 118 Å². The molecule has 2 aromatic rings. The number of hydrogen-bond donors (Lipinski definition) is 1. The quantitative estimate of drug-likeness (QED) is 0.929. The Balaban J connectivity index is 2.13. The summed E-state index contributed by atoms with van der Waals surface area (Å²) in [7, 11) is 1.97. The van der Waals surface area contributed by atoms with Gasteiger partial charge in [0.05, 0.1) is 6.10 Å². The van der Waals surface area contributed by atoms with Crippen molar-refractivity contribution in [2.75, 3.05) is 11.9 Å². The van der Waals surface area contributed by atoms with E-state index in [1.807, 2.05) is 48.3 Å². The Morgan fingerprint density at radius 1 is 1.26 bits per heavy atom. The minimum Gasteiger partial charge on any atom is -0.389 e. The molecule has 2 rings (SSSR count). The van der Waals surface area contributed by atoms with E-state index in [0.29, 0.717) is 0 Å². The summed E-state index contributed by atoms with van der Waals surface area (Å²) >= 11 is 5.87. The Morgan fingerprint density at radius 2 is 1.95 bits per heavy atom. The summed E-state index contributed by atoms with van der Waals surface area (Å²) < 4.78 is 0. The maximum atomic E-state index is 9.59. The third kappa shape index (κ3) is 3.69. The molecule has 1 aromatic carbocycles. The van der Waals surface area contributed by atoms with Crippen LogP contribution in [0.5, 0.6) is 0 Å². The second-order valence-electron chi connectivity index (χ2n) is 4.61. The molecular formula is C15H17ClN2O. The Bertz CT molecular complexity index is 540. The smallest absolute Gasteiger partial charge is 0.128 e. The van der Waals surface area contributed by atoms with Crippen molar-refractivity contribution in [2.24, 2.45) is 0 Å². The molecule has 100 valence electrons. The van der Waals surface area contributed by atoms with E-state index >= 15 is 0 Å². The first-order valence-corrected chi connectivity index (χ1v) is 6.53. The fourth-order valence-corrected chi connectivity index (χ4v) is 1.97. The van der Waals surface area contributed by atoms with Crippen molar-refractivity contribution in [1.82, 2.24) is 4.98 Å². The average molecular weight is 277 g/mol. The molecule has 0 bridgehead atoms. The first kappa shape index (κ1) is 13.8. The van der Waals surface area contributed by atoms with Gasteiger partial charge in [-0.2, -0.15) is 0 Å². The van der Waals surface area contributed by atoms with Gasteiger partial charge in [0.1, 0.15) is 5.82 Å². The van der Waals surface area contributed by atoms with E-state index in [1.54, 1.807) is 13.1 Å². The molecule has 0 amide bonds. The molecule has 1 atom stereocenters. The van der Waals surface area contributed by atoms with Crippen LogP contribution in [0.3, 0.4) is 0 Å². The van der Waals surface area contributed by atoms with Gasteiger partial charge in [0.25, 0.3) is 0 Å². The fraction of sp³-hybridized carbons (Fsp3) is 0.267. The fourth-order valence-electron chi connectivity index (χ4n) is 1.85. The summed E-state index contributed by atoms with van der Waals surface area (Å²) in [6, 6.07) is 11.5. The lowest BCUT2D eigenvalue weighted by Crippen LogP contribution is -2.17. The standard InChI is InChI=1S/C15H17ClN2O/c1-11(19)13-7-8-17-15(9-13)18(2)10-12-3-5-14(16)6-4-12/h3-9,11,19H,10H2,1-2H3/t11-/m0/s1. The van der Waals surface area contributed by atoms with Gasteiger partial charge in [0.15, 0.2) is 0 Å². The van der Waals surface area contributed by atoms with Crippen LogP contribution in [0.25, 0.3) is 0 Å². The van der Waals surface area contributed by atoms with Crippen LogP contribution in [0, 0.1) is 0 Å². The number of anilines is 1. The SMILES string of the molecule is C[C@H](O)c1ccnc(N(C)Cc2ccc(Cl)cc2)c1. The van der Waals surface area contributed by atoms with Gasteiger partial charge in [-0.15, -0.1) is 0 Å². The molecule has 4 heteroatoms. The molecule has 0 aliphatic heterocycles. The van der Waals surface area contributed by atoms with Crippen LogP contribution in [0.15, 0.2) is 42.6 Å². The number of benzene rings is 1. The van der Waals surface area contributed by atoms with Crippen LogP contribution in [-0.2, 0) is 6.54 Å². The highest BCUT2D eigenvalue weighted by atomic mass is 35.5. The Hall–Kier alpha value is -1.58. The summed E-state index contributed by atoms with van der Waals surface area (Å²) in [4.78, 5) is 6.36. The average Bonchev–Trinajstić information content (AvgIpc) is 2.41. The zero-order chi connectivity index (χ0) is 13.8. The van der Waals surface area contributed by atoms with E-state index < -0.39 is 6.10 Å². The molecule has 0 aliphatic rings. The summed E-state index contributed by atoms with van der Waals surface area (Å²) in [5, 5.41) is 10.3. The molecule has 1 heterocycles. The lowest BCUT2D eigenvalue weighted by atomic mass is 10.1. The van der Waals surface area contributed by atoms with Crippen LogP contribution in [0.4, 0.5) is 5.82 Å². The summed E-state index contributed by atoms with van der Waals surface area (Å²) in [5.74, 6) is 0.841. The van der Waals surface area contributed by atoms with Gasteiger partial charge in [0.2, 0.25) is 0 Å². The van der Waals surface area contributed by atoms with Crippen molar-refractivity contribution in [3.8, 4) is 0 Å². The molecule has 0 saturated heterocycles. The minimum atomic E-state index is -0.481. The highest BCUT2D eigenvalue weighted by Crippen LogP contribution is 2.19. The van der Waals surface area contributed by atoms with E-state index in [9.17, 15) is 5.11 Å². The van der Waals surface area contributed by atoms with Crippen molar-refractivity contribution in [3.63, 3.8) is 0 Å². The third-order valence-corrected chi connectivity index (χ3v) is 3.23. The number of aliphatic hydroxyl groups is 1. The number of halogens is 1. The monoisotopic (exact) mass is 276 g/mol. The Morgan fingerprint density at radius 3 is 2.58 bits per heavy atom. The second-order valence-corrected chi connectivity index (χ2v) is 5.04. The molecule has 1 N–H and O–H groups in total. The zero-order valence-electron chi connectivity index (χ0n) is 11.0. The van der Waals surface area contributed by atoms with Crippen LogP contribution in [0.1, 0.15) is 24.2 Å². The van der Waals surface area contributed by atoms with Crippen LogP contribution < -0.4 is 4.90 Å². The predicted molar refractivity (Wildman–Crippen MR) is 78.4 cm³/mol. The summed E-state index contributed by atoms with van der Waals surface area (Å²) in [5.41, 5.74) is 2.03. The van der Waals surface area contributed by atoms with Crippen molar-refractivity contribution >= 4 is 17.4 Å². The van der Waals surface area contributed by atoms with Gasteiger partial charge in [-0.3, -0.25) is 0 Å². The van der Waals surface area contributed by atoms with E-state index in [-0.39, 0.29) is 0 Å². The molecule has 19 heavy (non-hydrogen) atoms. The van der Waals surface area contributed by atoms with E-state index in [4.69, 9.17) is 11.6 Å². The molecule has 0 fully saturated rings. The molecule has 0 spiro atoms. The minimum absolute atomic E-state index is 0.481. The van der Waals surface area contributed by atoms with Crippen molar-refractivity contribution in [2.45, 2.75) is 19.6 Å². The van der Waals surface area contributed by atoms with E-state index in [0.717, 1.165) is 28.5 Å². The summed E-state index contributed by atoms with van der Waals surface area (Å²) in [6.07, 6.45) is 1.24. The molecule has 0 radical (unpaired) electrons. The van der Waals surface area contributed by atoms with Crippen molar-refractivity contribution < 1.29 is 5.11 Å². The van der Waals surface area contributed by atoms with E-state index in [2.05, 4.69) is 4.98 Å². The largest absolute Gasteiger partial charge is 0.389 e. The highest BCUT2D eigenvalue weighted by Gasteiger charge is 2.07. The number of aromatic nitrogens is 1. The molecule has 0 aliphatic carbocycles. The second kappa shape index (κ2) is 6.04. The van der Waals surface area contributed by atoms with Gasteiger partial charge in [0, 0.05) is 24.8 Å². The maximum absolute atomic E-state index is 9.59. The van der Waals surface area contributed by atoms with Crippen LogP contribution >= 0.6 is 11.6 Å². The maximum Gasteiger partial charge on any atom is 0.128 e. The lowest BCUT2D eigenvalue weighted by Gasteiger charge is -2.19.